The molecule has 190 valence electrons. The minimum atomic E-state index is -4.70. The molecule has 3 aliphatic rings. The molecule has 1 atom stereocenters. The molecule has 2 aromatic carbocycles. The lowest BCUT2D eigenvalue weighted by Crippen LogP contribution is -2.57. The van der Waals surface area contributed by atoms with E-state index in [9.17, 15) is 18.3 Å². The fourth-order valence-corrected chi connectivity index (χ4v) is 5.87. The SMILES string of the molecule is CN1CCC(Oc2ccc(N3C(=S)N(c4ccc(C#N)c(C(F)(F)F)c4)C(O)C34CCC4)cc2)CC1. The zero-order valence-electron chi connectivity index (χ0n) is 19.8. The van der Waals surface area contributed by atoms with Gasteiger partial charge in [-0.2, -0.15) is 18.4 Å². The van der Waals surface area contributed by atoms with E-state index in [1.165, 1.54) is 11.0 Å². The molecule has 2 saturated heterocycles. The summed E-state index contributed by atoms with van der Waals surface area (Å²) in [5, 5.41) is 20.7. The van der Waals surface area contributed by atoms with Crippen LogP contribution in [0.3, 0.4) is 0 Å². The molecule has 2 aliphatic heterocycles. The highest BCUT2D eigenvalue weighted by atomic mass is 32.1. The van der Waals surface area contributed by atoms with Gasteiger partial charge >= 0.3 is 6.18 Å². The van der Waals surface area contributed by atoms with Gasteiger partial charge in [0.1, 0.15) is 11.9 Å². The summed E-state index contributed by atoms with van der Waals surface area (Å²) in [4.78, 5) is 5.51. The minimum absolute atomic E-state index is 0.106. The number of likely N-dealkylation sites (tertiary alicyclic amines) is 1. The van der Waals surface area contributed by atoms with Gasteiger partial charge in [-0.1, -0.05) is 0 Å². The molecule has 0 aromatic heterocycles. The van der Waals surface area contributed by atoms with E-state index in [2.05, 4.69) is 11.9 Å². The highest BCUT2D eigenvalue weighted by Crippen LogP contribution is 2.50. The van der Waals surface area contributed by atoms with E-state index in [0.717, 1.165) is 55.9 Å². The first-order chi connectivity index (χ1) is 17.1. The summed E-state index contributed by atoms with van der Waals surface area (Å²) < 4.78 is 47.0. The van der Waals surface area contributed by atoms with Crippen molar-refractivity contribution < 1.29 is 23.0 Å². The average Bonchev–Trinajstić information content (AvgIpc) is 3.07. The normalized spacial score (nSPS) is 22.6. The van der Waals surface area contributed by atoms with E-state index in [0.29, 0.717) is 12.8 Å². The van der Waals surface area contributed by atoms with Crippen molar-refractivity contribution in [3.8, 4) is 11.8 Å². The molecular weight excluding hydrogens is 489 g/mol. The van der Waals surface area contributed by atoms with Crippen LogP contribution < -0.4 is 14.5 Å². The second kappa shape index (κ2) is 9.21. The Hall–Kier alpha value is -2.87. The Labute approximate surface area is 213 Å². The summed E-state index contributed by atoms with van der Waals surface area (Å²) in [6.45, 7) is 1.99. The predicted octanol–water partition coefficient (Wildman–Crippen LogP) is 4.90. The number of nitriles is 1. The van der Waals surface area contributed by atoms with Crippen molar-refractivity contribution in [2.24, 2.45) is 0 Å². The van der Waals surface area contributed by atoms with Crippen molar-refractivity contribution in [1.29, 1.82) is 5.26 Å². The average molecular weight is 517 g/mol. The van der Waals surface area contributed by atoms with E-state index >= 15 is 0 Å². The van der Waals surface area contributed by atoms with Gasteiger partial charge < -0.3 is 19.6 Å². The van der Waals surface area contributed by atoms with Gasteiger partial charge in [-0.05, 0) is 93.8 Å². The van der Waals surface area contributed by atoms with Gasteiger partial charge in [0.15, 0.2) is 11.3 Å². The lowest BCUT2D eigenvalue weighted by Gasteiger charge is -2.46. The second-order valence-electron chi connectivity index (χ2n) is 9.77. The molecule has 0 amide bonds. The van der Waals surface area contributed by atoms with Crippen molar-refractivity contribution in [2.45, 2.75) is 56.2 Å². The molecular formula is C26H27F3N4O2S. The Morgan fingerprint density at radius 1 is 1.08 bits per heavy atom. The molecule has 1 N–H and O–H groups in total. The molecule has 0 radical (unpaired) electrons. The van der Waals surface area contributed by atoms with Crippen molar-refractivity contribution in [3.05, 3.63) is 53.6 Å². The van der Waals surface area contributed by atoms with Crippen molar-refractivity contribution in [2.75, 3.05) is 29.9 Å². The van der Waals surface area contributed by atoms with Crippen LogP contribution in [-0.4, -0.2) is 53.1 Å². The van der Waals surface area contributed by atoms with Crippen LogP contribution in [0.1, 0.15) is 43.2 Å². The van der Waals surface area contributed by atoms with Crippen molar-refractivity contribution in [1.82, 2.24) is 4.90 Å². The zero-order valence-corrected chi connectivity index (χ0v) is 20.6. The van der Waals surface area contributed by atoms with E-state index in [4.69, 9.17) is 22.2 Å². The maximum atomic E-state index is 13.6. The third kappa shape index (κ3) is 4.19. The number of ether oxygens (including phenoxy) is 1. The highest BCUT2D eigenvalue weighted by Gasteiger charge is 2.59. The van der Waals surface area contributed by atoms with Crippen LogP contribution >= 0.6 is 12.2 Å². The van der Waals surface area contributed by atoms with Crippen LogP contribution in [0.25, 0.3) is 0 Å². The molecule has 1 saturated carbocycles. The third-order valence-electron chi connectivity index (χ3n) is 7.56. The monoisotopic (exact) mass is 516 g/mol. The summed E-state index contributed by atoms with van der Waals surface area (Å²) in [6, 6.07) is 12.5. The Balaban J connectivity index is 1.43. The Bertz CT molecular complexity index is 1190. The topological polar surface area (TPSA) is 63.0 Å². The Morgan fingerprint density at radius 2 is 1.72 bits per heavy atom. The standard InChI is InChI=1S/C26H27F3N4O2S/c1-31-13-9-21(10-14-31)35-20-7-5-18(6-8-20)33-24(36)32(23(34)25(33)11-2-12-25)19-4-3-17(16-30)22(15-19)26(27,28)29/h3-8,15,21,23,34H,2,9-14H2,1H3. The number of alkyl halides is 3. The van der Waals surface area contributed by atoms with E-state index in [1.54, 1.807) is 6.07 Å². The van der Waals surface area contributed by atoms with Crippen LogP contribution in [0.2, 0.25) is 0 Å². The molecule has 36 heavy (non-hydrogen) atoms. The number of rotatable bonds is 4. The molecule has 1 spiro atoms. The quantitative estimate of drug-likeness (QED) is 0.580. The van der Waals surface area contributed by atoms with Crippen LogP contribution in [0.15, 0.2) is 42.5 Å². The smallest absolute Gasteiger partial charge is 0.417 e. The fraction of sp³-hybridized carbons (Fsp3) is 0.462. The number of piperidine rings is 1. The first-order valence-corrected chi connectivity index (χ1v) is 12.4. The van der Waals surface area contributed by atoms with Crippen molar-refractivity contribution >= 4 is 28.7 Å². The summed E-state index contributed by atoms with van der Waals surface area (Å²) >= 11 is 5.73. The second-order valence-corrected chi connectivity index (χ2v) is 10.1. The third-order valence-corrected chi connectivity index (χ3v) is 7.94. The van der Waals surface area contributed by atoms with E-state index in [-0.39, 0.29) is 16.9 Å². The number of anilines is 2. The molecule has 1 unspecified atom stereocenters. The summed E-state index contributed by atoms with van der Waals surface area (Å²) in [7, 11) is 2.10. The van der Waals surface area contributed by atoms with Gasteiger partial charge in [0.05, 0.1) is 22.7 Å². The van der Waals surface area contributed by atoms with Crippen molar-refractivity contribution in [3.63, 3.8) is 0 Å². The van der Waals surface area contributed by atoms with Gasteiger partial charge in [0.2, 0.25) is 0 Å². The maximum absolute atomic E-state index is 13.6. The number of halogens is 3. The number of benzene rings is 2. The molecule has 2 heterocycles. The molecule has 10 heteroatoms. The summed E-state index contributed by atoms with van der Waals surface area (Å²) in [6.07, 6.45) is -1.56. The molecule has 3 fully saturated rings. The first-order valence-electron chi connectivity index (χ1n) is 12.0. The molecule has 2 aromatic rings. The van der Waals surface area contributed by atoms with Crippen LogP contribution in [0, 0.1) is 11.3 Å². The van der Waals surface area contributed by atoms with Crippen LogP contribution in [-0.2, 0) is 6.18 Å². The molecule has 1 aliphatic carbocycles. The maximum Gasteiger partial charge on any atom is 0.417 e. The Kier molecular flexibility index (Phi) is 6.35. The summed E-state index contributed by atoms with van der Waals surface area (Å²) in [5.41, 5.74) is -1.38. The lowest BCUT2D eigenvalue weighted by molar-refractivity contribution is -0.137. The molecule has 6 nitrogen and oxygen atoms in total. The van der Waals surface area contributed by atoms with Crippen LogP contribution in [0.5, 0.6) is 5.75 Å². The first kappa shape index (κ1) is 24.8. The van der Waals surface area contributed by atoms with Gasteiger partial charge in [-0.3, -0.25) is 4.90 Å². The van der Waals surface area contributed by atoms with Gasteiger partial charge in [0, 0.05) is 24.5 Å². The Morgan fingerprint density at radius 3 is 2.28 bits per heavy atom. The van der Waals surface area contributed by atoms with Gasteiger partial charge in [-0.15, -0.1) is 0 Å². The number of hydrogen-bond donors (Lipinski definition) is 1. The number of thiocarbonyl (C=S) groups is 1. The summed E-state index contributed by atoms with van der Waals surface area (Å²) in [5.74, 6) is 0.750. The number of aliphatic hydroxyl groups is 1. The van der Waals surface area contributed by atoms with Crippen LogP contribution in [0.4, 0.5) is 24.5 Å². The number of nitrogens with zero attached hydrogens (tertiary/aromatic N) is 4. The molecule has 0 bridgehead atoms. The number of aliphatic hydroxyl groups excluding tert-OH is 1. The predicted molar refractivity (Wildman–Crippen MR) is 134 cm³/mol. The molecule has 5 rings (SSSR count). The lowest BCUT2D eigenvalue weighted by atomic mass is 9.74. The minimum Gasteiger partial charge on any atom is -0.490 e. The number of hydrogen-bond acceptors (Lipinski definition) is 5. The van der Waals surface area contributed by atoms with E-state index in [1.807, 2.05) is 29.2 Å². The zero-order chi connectivity index (χ0) is 25.7. The highest BCUT2D eigenvalue weighted by molar-refractivity contribution is 7.80. The fourth-order valence-electron chi connectivity index (χ4n) is 5.38. The largest absolute Gasteiger partial charge is 0.490 e. The van der Waals surface area contributed by atoms with E-state index < -0.39 is 29.1 Å². The van der Waals surface area contributed by atoms with Gasteiger partial charge in [-0.25, -0.2) is 0 Å². The van der Waals surface area contributed by atoms with Gasteiger partial charge in [0.25, 0.3) is 0 Å².